The van der Waals surface area contributed by atoms with Crippen molar-refractivity contribution in [3.8, 4) is 6.07 Å². The van der Waals surface area contributed by atoms with Gasteiger partial charge < -0.3 is 5.32 Å². The van der Waals surface area contributed by atoms with E-state index in [4.69, 9.17) is 0 Å². The molecule has 25 heavy (non-hydrogen) atoms. The molecule has 5 heteroatoms. The Morgan fingerprint density at radius 3 is 2.88 bits per heavy atom. The predicted molar refractivity (Wildman–Crippen MR) is 105 cm³/mol. The number of anilines is 1. The number of fused-ring (bicyclic) bond motifs is 1. The Labute approximate surface area is 157 Å². The summed E-state index contributed by atoms with van der Waals surface area (Å²) in [7, 11) is 0. The number of hydrogen-bond acceptors (Lipinski definition) is 4. The molecule has 0 fully saturated rings. The molecule has 1 aromatic carbocycles. The Morgan fingerprint density at radius 1 is 1.40 bits per heavy atom. The highest BCUT2D eigenvalue weighted by atomic mass is 32.2. The molecule has 1 amide bonds. The second-order valence-electron chi connectivity index (χ2n) is 6.63. The van der Waals surface area contributed by atoms with Gasteiger partial charge in [-0.3, -0.25) is 4.79 Å². The number of thioether (sulfide) groups is 1. The first-order valence-electron chi connectivity index (χ1n) is 8.60. The van der Waals surface area contributed by atoms with Gasteiger partial charge in [-0.25, -0.2) is 0 Å². The van der Waals surface area contributed by atoms with Crippen molar-refractivity contribution in [3.05, 3.63) is 45.8 Å². The van der Waals surface area contributed by atoms with Gasteiger partial charge >= 0.3 is 0 Å². The zero-order valence-electron chi connectivity index (χ0n) is 14.6. The molecule has 1 aliphatic rings. The zero-order valence-corrected chi connectivity index (χ0v) is 16.2. The number of benzene rings is 1. The van der Waals surface area contributed by atoms with Crippen LogP contribution in [0.5, 0.6) is 0 Å². The van der Waals surface area contributed by atoms with E-state index in [0.717, 1.165) is 35.6 Å². The van der Waals surface area contributed by atoms with Crippen LogP contribution in [0.25, 0.3) is 0 Å². The number of nitrogens with one attached hydrogen (secondary N) is 1. The lowest BCUT2D eigenvalue weighted by atomic mass is 9.89. The van der Waals surface area contributed by atoms with Crippen LogP contribution in [0, 0.1) is 24.2 Å². The van der Waals surface area contributed by atoms with Crippen molar-refractivity contribution >= 4 is 34.0 Å². The number of nitrogens with zero attached hydrogens (tertiary/aromatic N) is 1. The van der Waals surface area contributed by atoms with E-state index in [1.807, 2.05) is 0 Å². The van der Waals surface area contributed by atoms with Crippen LogP contribution in [0.3, 0.4) is 0 Å². The molecule has 0 saturated carbocycles. The molecule has 0 bridgehead atoms. The average Bonchev–Trinajstić information content (AvgIpc) is 2.92. The maximum Gasteiger partial charge on any atom is 0.225 e. The normalized spacial score (nSPS) is 16.1. The van der Waals surface area contributed by atoms with Crippen LogP contribution >= 0.6 is 23.1 Å². The number of thiophene rings is 1. The minimum Gasteiger partial charge on any atom is -0.317 e. The fourth-order valence-electron chi connectivity index (χ4n) is 3.04. The Hall–Kier alpha value is -1.77. The molecule has 1 heterocycles. The Morgan fingerprint density at radius 2 is 2.16 bits per heavy atom. The summed E-state index contributed by atoms with van der Waals surface area (Å²) in [6.07, 6.45) is 3.55. The summed E-state index contributed by atoms with van der Waals surface area (Å²) >= 11 is 3.27. The molecule has 1 N–H and O–H groups in total. The molecule has 130 valence electrons. The third-order valence-corrected chi connectivity index (χ3v) is 6.68. The lowest BCUT2D eigenvalue weighted by Crippen LogP contribution is -2.12. The van der Waals surface area contributed by atoms with Crippen molar-refractivity contribution in [1.29, 1.82) is 5.26 Å². The predicted octanol–water partition coefficient (Wildman–Crippen LogP) is 5.17. The lowest BCUT2D eigenvalue weighted by Gasteiger charge is -2.17. The maximum absolute atomic E-state index is 12.3. The zero-order chi connectivity index (χ0) is 17.8. The topological polar surface area (TPSA) is 52.9 Å². The maximum atomic E-state index is 12.3. The Kier molecular flexibility index (Phi) is 5.82. The highest BCUT2D eigenvalue weighted by Crippen LogP contribution is 2.39. The SMILES string of the molecule is Cc1ccc(SCCC(=O)Nc2sc3c(c2C#N)CCC(C)C3)cc1. The van der Waals surface area contributed by atoms with E-state index in [2.05, 4.69) is 49.5 Å². The molecule has 1 aromatic heterocycles. The second-order valence-corrected chi connectivity index (χ2v) is 8.90. The molecule has 0 aliphatic heterocycles. The average molecular weight is 371 g/mol. The summed E-state index contributed by atoms with van der Waals surface area (Å²) in [5, 5.41) is 13.2. The summed E-state index contributed by atoms with van der Waals surface area (Å²) < 4.78 is 0. The van der Waals surface area contributed by atoms with Crippen molar-refractivity contribution in [2.75, 3.05) is 11.1 Å². The number of nitriles is 1. The van der Waals surface area contributed by atoms with Crippen molar-refractivity contribution < 1.29 is 4.79 Å². The summed E-state index contributed by atoms with van der Waals surface area (Å²) in [5.74, 6) is 1.38. The van der Waals surface area contributed by atoms with Crippen LogP contribution in [-0.2, 0) is 17.6 Å². The van der Waals surface area contributed by atoms with Gasteiger partial charge in [-0.05, 0) is 49.8 Å². The highest BCUT2D eigenvalue weighted by molar-refractivity contribution is 7.99. The monoisotopic (exact) mass is 370 g/mol. The van der Waals surface area contributed by atoms with Gasteiger partial charge in [-0.1, -0.05) is 24.6 Å². The highest BCUT2D eigenvalue weighted by Gasteiger charge is 2.24. The number of rotatable bonds is 5. The molecule has 0 saturated heterocycles. The summed E-state index contributed by atoms with van der Waals surface area (Å²) in [4.78, 5) is 14.7. The first-order chi connectivity index (χ1) is 12.1. The molecule has 1 atom stereocenters. The van der Waals surface area contributed by atoms with E-state index in [-0.39, 0.29) is 5.91 Å². The first kappa shape index (κ1) is 18.0. The summed E-state index contributed by atoms with van der Waals surface area (Å²) in [6.45, 7) is 4.31. The number of amides is 1. The van der Waals surface area contributed by atoms with Gasteiger partial charge in [0, 0.05) is 21.9 Å². The molecule has 1 unspecified atom stereocenters. The van der Waals surface area contributed by atoms with Crippen LogP contribution in [0.2, 0.25) is 0 Å². The van der Waals surface area contributed by atoms with Crippen LogP contribution < -0.4 is 5.32 Å². The van der Waals surface area contributed by atoms with E-state index < -0.39 is 0 Å². The largest absolute Gasteiger partial charge is 0.317 e. The van der Waals surface area contributed by atoms with E-state index in [9.17, 15) is 10.1 Å². The quantitative estimate of drug-likeness (QED) is 0.738. The molecular weight excluding hydrogens is 348 g/mol. The molecule has 2 aromatic rings. The fourth-order valence-corrected chi connectivity index (χ4v) is 5.27. The fraction of sp³-hybridized carbons (Fsp3) is 0.400. The first-order valence-corrected chi connectivity index (χ1v) is 10.4. The van der Waals surface area contributed by atoms with Gasteiger partial charge in [-0.15, -0.1) is 23.1 Å². The van der Waals surface area contributed by atoms with Crippen molar-refractivity contribution in [2.45, 2.75) is 44.4 Å². The minimum absolute atomic E-state index is 0.0113. The van der Waals surface area contributed by atoms with Crippen molar-refractivity contribution in [3.63, 3.8) is 0 Å². The number of carbonyl (C=O) groups excluding carboxylic acids is 1. The third-order valence-electron chi connectivity index (χ3n) is 4.50. The molecule has 0 spiro atoms. The van der Waals surface area contributed by atoms with Crippen LogP contribution in [0.15, 0.2) is 29.2 Å². The smallest absolute Gasteiger partial charge is 0.225 e. The summed E-state index contributed by atoms with van der Waals surface area (Å²) in [6, 6.07) is 10.6. The van der Waals surface area contributed by atoms with Gasteiger partial charge in [0.15, 0.2) is 0 Å². The van der Waals surface area contributed by atoms with Gasteiger partial charge in [0.05, 0.1) is 5.56 Å². The van der Waals surface area contributed by atoms with Crippen molar-refractivity contribution in [1.82, 2.24) is 0 Å². The van der Waals surface area contributed by atoms with Gasteiger partial charge in [0.2, 0.25) is 5.91 Å². The Bertz CT molecular complexity index is 802. The number of aryl methyl sites for hydroxylation is 1. The lowest BCUT2D eigenvalue weighted by molar-refractivity contribution is -0.115. The van der Waals surface area contributed by atoms with E-state index >= 15 is 0 Å². The van der Waals surface area contributed by atoms with Gasteiger partial charge in [0.25, 0.3) is 0 Å². The van der Waals surface area contributed by atoms with E-state index in [1.54, 1.807) is 23.1 Å². The van der Waals surface area contributed by atoms with Crippen LogP contribution in [0.4, 0.5) is 5.00 Å². The third kappa shape index (κ3) is 4.45. The van der Waals surface area contributed by atoms with Gasteiger partial charge in [0.1, 0.15) is 11.1 Å². The van der Waals surface area contributed by atoms with Gasteiger partial charge in [-0.2, -0.15) is 5.26 Å². The number of carbonyl (C=O) groups is 1. The van der Waals surface area contributed by atoms with Crippen molar-refractivity contribution in [2.24, 2.45) is 5.92 Å². The van der Waals surface area contributed by atoms with E-state index in [1.165, 1.54) is 15.3 Å². The minimum atomic E-state index is -0.0113. The Balaban J connectivity index is 1.58. The summed E-state index contributed by atoms with van der Waals surface area (Å²) in [5.41, 5.74) is 3.09. The number of hydrogen-bond donors (Lipinski definition) is 1. The van der Waals surface area contributed by atoms with E-state index in [0.29, 0.717) is 17.9 Å². The standard InChI is InChI=1S/C20H22N2OS2/c1-13-3-6-15(7-4-13)24-10-9-19(23)22-20-17(12-21)16-8-5-14(2)11-18(16)25-20/h3-4,6-7,14H,5,8-11H2,1-2H3,(H,22,23). The van der Waals surface area contributed by atoms with Crippen LogP contribution in [-0.4, -0.2) is 11.7 Å². The molecule has 0 radical (unpaired) electrons. The van der Waals surface area contributed by atoms with Crippen LogP contribution in [0.1, 0.15) is 41.3 Å². The molecule has 1 aliphatic carbocycles. The second kappa shape index (κ2) is 8.07. The molecule has 3 rings (SSSR count). The molecule has 3 nitrogen and oxygen atoms in total. The molecular formula is C20H22N2OS2.